The van der Waals surface area contributed by atoms with Crippen LogP contribution in [0.2, 0.25) is 0 Å². The Morgan fingerprint density at radius 1 is 1.12 bits per heavy atom. The van der Waals surface area contributed by atoms with Crippen molar-refractivity contribution in [2.75, 3.05) is 46.7 Å². The zero-order valence-electron chi connectivity index (χ0n) is 14.9. The molecule has 2 rings (SSSR count). The second kappa shape index (κ2) is 8.75. The molecule has 0 N–H and O–H groups in total. The van der Waals surface area contributed by atoms with Crippen molar-refractivity contribution in [1.29, 1.82) is 0 Å². The predicted molar refractivity (Wildman–Crippen MR) is 87.5 cm³/mol. The molecule has 9 heteroatoms. The lowest BCUT2D eigenvalue weighted by Gasteiger charge is -2.33. The van der Waals surface area contributed by atoms with Gasteiger partial charge in [0.1, 0.15) is 18.2 Å². The van der Waals surface area contributed by atoms with Crippen LogP contribution in [0.15, 0.2) is 29.5 Å². The highest BCUT2D eigenvalue weighted by Crippen LogP contribution is 2.35. The van der Waals surface area contributed by atoms with Crippen molar-refractivity contribution >= 4 is 17.6 Å². The average molecular weight is 369 g/mol. The smallest absolute Gasteiger partial charge is 0.355 e. The van der Waals surface area contributed by atoms with Gasteiger partial charge in [0.25, 0.3) is 0 Å². The topological polar surface area (TPSA) is 83.5 Å². The number of ether oxygens (including phenoxy) is 5. The maximum absolute atomic E-state index is 14.5. The fourth-order valence-electron chi connectivity index (χ4n) is 2.66. The van der Waals surface area contributed by atoms with Gasteiger partial charge < -0.3 is 28.6 Å². The van der Waals surface area contributed by atoms with Crippen LogP contribution in [0.3, 0.4) is 0 Å². The summed E-state index contributed by atoms with van der Waals surface area (Å²) in [6.45, 7) is -0.252. The Morgan fingerprint density at radius 3 is 2.35 bits per heavy atom. The Labute approximate surface area is 150 Å². The molecule has 0 atom stereocenters. The van der Waals surface area contributed by atoms with E-state index in [4.69, 9.17) is 23.7 Å². The number of hydrogen-bond acceptors (Lipinski definition) is 8. The Kier molecular flexibility index (Phi) is 6.67. The first-order valence-electron chi connectivity index (χ1n) is 7.59. The molecule has 1 aliphatic heterocycles. The van der Waals surface area contributed by atoms with Crippen LogP contribution in [0, 0.1) is 5.82 Å². The fraction of sp³-hybridized carbons (Fsp3) is 0.412. The van der Waals surface area contributed by atoms with E-state index in [1.54, 1.807) is 6.07 Å². The fourth-order valence-corrected chi connectivity index (χ4v) is 2.66. The van der Waals surface area contributed by atoms with Gasteiger partial charge >= 0.3 is 11.9 Å². The number of anilines is 1. The standard InChI is InChI=1S/C17H20FNO7/c1-22-15(20)10-8-26-9-19(14(10)16(21)23-2)12-7-5-6-11(18)13(12)17(24-3)25-4/h5-7,17H,8-9H2,1-4H3. The van der Waals surface area contributed by atoms with E-state index in [0.29, 0.717) is 0 Å². The number of carbonyl (C=O) groups excluding carboxylic acids is 2. The molecular weight excluding hydrogens is 349 g/mol. The largest absolute Gasteiger partial charge is 0.466 e. The zero-order valence-corrected chi connectivity index (χ0v) is 14.9. The second-order valence-corrected chi connectivity index (χ2v) is 5.19. The van der Waals surface area contributed by atoms with E-state index in [1.165, 1.54) is 45.5 Å². The monoisotopic (exact) mass is 369 g/mol. The molecule has 0 saturated heterocycles. The summed E-state index contributed by atoms with van der Waals surface area (Å²) in [7, 11) is 5.07. The molecule has 142 valence electrons. The van der Waals surface area contributed by atoms with E-state index in [9.17, 15) is 14.0 Å². The molecule has 0 spiro atoms. The summed E-state index contributed by atoms with van der Waals surface area (Å²) in [6, 6.07) is 4.24. The molecule has 0 fully saturated rings. The molecule has 0 bridgehead atoms. The third kappa shape index (κ3) is 3.69. The van der Waals surface area contributed by atoms with Crippen LogP contribution < -0.4 is 4.90 Å². The van der Waals surface area contributed by atoms with E-state index in [1.807, 2.05) is 0 Å². The summed E-state index contributed by atoms with van der Waals surface area (Å²) in [4.78, 5) is 25.7. The van der Waals surface area contributed by atoms with Crippen molar-refractivity contribution in [2.24, 2.45) is 0 Å². The molecule has 1 aromatic rings. The Morgan fingerprint density at radius 2 is 1.77 bits per heavy atom. The molecule has 0 radical (unpaired) electrons. The number of halogens is 1. The summed E-state index contributed by atoms with van der Waals surface area (Å²) in [5, 5.41) is 0. The van der Waals surface area contributed by atoms with Crippen LogP contribution in [0.5, 0.6) is 0 Å². The van der Waals surface area contributed by atoms with Crippen LogP contribution in [0.1, 0.15) is 11.9 Å². The maximum Gasteiger partial charge on any atom is 0.355 e. The van der Waals surface area contributed by atoms with Crippen molar-refractivity contribution < 1.29 is 37.7 Å². The van der Waals surface area contributed by atoms with Gasteiger partial charge in [0.05, 0.1) is 37.7 Å². The average Bonchev–Trinajstić information content (AvgIpc) is 2.68. The van der Waals surface area contributed by atoms with Crippen LogP contribution in [0.4, 0.5) is 10.1 Å². The lowest BCUT2D eigenvalue weighted by atomic mass is 10.1. The van der Waals surface area contributed by atoms with Gasteiger partial charge in [-0.3, -0.25) is 0 Å². The number of nitrogens with zero attached hydrogens (tertiary/aromatic N) is 1. The third-order valence-electron chi connectivity index (χ3n) is 3.82. The first-order valence-corrected chi connectivity index (χ1v) is 7.59. The summed E-state index contributed by atoms with van der Waals surface area (Å²) in [5.41, 5.74) is 0.157. The van der Waals surface area contributed by atoms with Gasteiger partial charge in [-0.05, 0) is 12.1 Å². The lowest BCUT2D eigenvalue weighted by Crippen LogP contribution is -2.39. The van der Waals surface area contributed by atoms with E-state index in [-0.39, 0.29) is 35.9 Å². The van der Waals surface area contributed by atoms with Crippen LogP contribution >= 0.6 is 0 Å². The highest BCUT2D eigenvalue weighted by molar-refractivity contribution is 6.03. The molecule has 8 nitrogen and oxygen atoms in total. The van der Waals surface area contributed by atoms with E-state index < -0.39 is 24.0 Å². The zero-order chi connectivity index (χ0) is 19.3. The minimum atomic E-state index is -1.03. The van der Waals surface area contributed by atoms with Gasteiger partial charge in [-0.25, -0.2) is 14.0 Å². The first-order chi connectivity index (χ1) is 12.5. The second-order valence-electron chi connectivity index (χ2n) is 5.19. The Hall–Kier alpha value is -2.49. The third-order valence-corrected chi connectivity index (χ3v) is 3.82. The maximum atomic E-state index is 14.5. The van der Waals surface area contributed by atoms with Crippen LogP contribution in [0.25, 0.3) is 0 Å². The molecule has 1 aliphatic rings. The molecule has 0 unspecified atom stereocenters. The molecule has 0 aromatic heterocycles. The molecule has 1 heterocycles. The van der Waals surface area contributed by atoms with E-state index in [0.717, 1.165) is 0 Å². The first kappa shape index (κ1) is 19.8. The van der Waals surface area contributed by atoms with Crippen molar-refractivity contribution in [3.63, 3.8) is 0 Å². The highest BCUT2D eigenvalue weighted by atomic mass is 19.1. The van der Waals surface area contributed by atoms with Crippen LogP contribution in [-0.4, -0.2) is 53.7 Å². The minimum absolute atomic E-state index is 0.0350. The van der Waals surface area contributed by atoms with Gasteiger partial charge in [0.15, 0.2) is 6.29 Å². The molecule has 1 aromatic carbocycles. The normalized spacial score (nSPS) is 14.6. The number of benzene rings is 1. The number of hydrogen-bond donors (Lipinski definition) is 0. The Bertz CT molecular complexity index is 715. The van der Waals surface area contributed by atoms with Crippen molar-refractivity contribution in [1.82, 2.24) is 0 Å². The van der Waals surface area contributed by atoms with E-state index >= 15 is 0 Å². The molecule has 0 amide bonds. The summed E-state index contributed by atoms with van der Waals surface area (Å²) < 4.78 is 39.7. The predicted octanol–water partition coefficient (Wildman–Crippen LogP) is 1.51. The number of carbonyl (C=O) groups is 2. The summed E-state index contributed by atoms with van der Waals surface area (Å²) in [5.74, 6) is -2.14. The molecule has 0 saturated carbocycles. The van der Waals surface area contributed by atoms with Gasteiger partial charge in [-0.1, -0.05) is 6.07 Å². The SMILES string of the molecule is COC(=O)C1=C(C(=O)OC)N(c2cccc(F)c2C(OC)OC)COC1. The van der Waals surface area contributed by atoms with Gasteiger partial charge in [0, 0.05) is 14.2 Å². The van der Waals surface area contributed by atoms with Gasteiger partial charge in [-0.15, -0.1) is 0 Å². The molecule has 26 heavy (non-hydrogen) atoms. The van der Waals surface area contributed by atoms with Crippen molar-refractivity contribution in [3.05, 3.63) is 40.8 Å². The minimum Gasteiger partial charge on any atom is -0.466 e. The Balaban J connectivity index is 2.68. The number of esters is 2. The van der Waals surface area contributed by atoms with Crippen LogP contribution in [-0.2, 0) is 33.3 Å². The van der Waals surface area contributed by atoms with Gasteiger partial charge in [-0.2, -0.15) is 0 Å². The summed E-state index contributed by atoms with van der Waals surface area (Å²) >= 11 is 0. The number of methoxy groups -OCH3 is 4. The van der Waals surface area contributed by atoms with Crippen molar-refractivity contribution in [3.8, 4) is 0 Å². The summed E-state index contributed by atoms with van der Waals surface area (Å²) in [6.07, 6.45) is -1.03. The quantitative estimate of drug-likeness (QED) is 0.551. The lowest BCUT2D eigenvalue weighted by molar-refractivity contribution is -0.140. The van der Waals surface area contributed by atoms with E-state index in [2.05, 4.69) is 0 Å². The van der Waals surface area contributed by atoms with Crippen molar-refractivity contribution in [2.45, 2.75) is 6.29 Å². The van der Waals surface area contributed by atoms with Gasteiger partial charge in [0.2, 0.25) is 0 Å². The molecule has 0 aliphatic carbocycles. The highest BCUT2D eigenvalue weighted by Gasteiger charge is 2.35. The number of rotatable bonds is 6. The molecular formula is C17H20FNO7.